The number of hydrogen-bond donors (Lipinski definition) is 2. The van der Waals surface area contributed by atoms with Gasteiger partial charge in [0.05, 0.1) is 6.61 Å². The maximum atomic E-state index is 12.6. The lowest BCUT2D eigenvalue weighted by molar-refractivity contribution is 0.0950. The zero-order chi connectivity index (χ0) is 20.9. The number of benzene rings is 2. The molecule has 0 aliphatic heterocycles. The van der Waals surface area contributed by atoms with Gasteiger partial charge in [-0.1, -0.05) is 29.3 Å². The summed E-state index contributed by atoms with van der Waals surface area (Å²) in [6.45, 7) is 5.65. The van der Waals surface area contributed by atoms with Gasteiger partial charge in [0.15, 0.2) is 0 Å². The molecule has 0 bridgehead atoms. The van der Waals surface area contributed by atoms with E-state index >= 15 is 0 Å². The molecule has 152 valence electrons. The third kappa shape index (κ3) is 5.85. The molecule has 0 spiro atoms. The van der Waals surface area contributed by atoms with Crippen molar-refractivity contribution in [2.75, 3.05) is 6.61 Å². The van der Waals surface area contributed by atoms with Crippen LogP contribution in [0, 0.1) is 0 Å². The van der Waals surface area contributed by atoms with Crippen molar-refractivity contribution in [3.8, 4) is 5.75 Å². The lowest BCUT2D eigenvalue weighted by atomic mass is 10.2. The number of amides is 1. The van der Waals surface area contributed by atoms with Crippen molar-refractivity contribution in [2.45, 2.75) is 38.3 Å². The van der Waals surface area contributed by atoms with Crippen LogP contribution in [0.1, 0.15) is 36.7 Å². The average Bonchev–Trinajstić information content (AvgIpc) is 2.60. The number of hydrogen-bond acceptors (Lipinski definition) is 4. The number of sulfonamides is 1. The summed E-state index contributed by atoms with van der Waals surface area (Å²) in [6.07, 6.45) is 0. The zero-order valence-electron chi connectivity index (χ0n) is 15.8. The SMILES string of the molecule is CCOc1ccc(C(=O)NCc2ccc(Cl)cc2Cl)cc1S(=O)(=O)NC(C)C. The molecule has 0 saturated heterocycles. The molecule has 2 aromatic carbocycles. The normalized spacial score (nSPS) is 11.5. The van der Waals surface area contributed by atoms with Crippen LogP contribution in [-0.2, 0) is 16.6 Å². The van der Waals surface area contributed by atoms with Crippen LogP contribution >= 0.6 is 23.2 Å². The van der Waals surface area contributed by atoms with Crippen molar-refractivity contribution in [2.24, 2.45) is 0 Å². The Morgan fingerprint density at radius 3 is 2.46 bits per heavy atom. The van der Waals surface area contributed by atoms with E-state index in [1.54, 1.807) is 39.0 Å². The summed E-state index contributed by atoms with van der Waals surface area (Å²) in [6, 6.07) is 8.96. The molecule has 0 heterocycles. The number of ether oxygens (including phenoxy) is 1. The molecule has 9 heteroatoms. The van der Waals surface area contributed by atoms with E-state index in [1.807, 2.05) is 0 Å². The lowest BCUT2D eigenvalue weighted by Crippen LogP contribution is -2.31. The highest BCUT2D eigenvalue weighted by molar-refractivity contribution is 7.89. The standard InChI is InChI=1S/C19H22Cl2N2O4S/c1-4-27-17-8-6-13(9-18(17)28(25,26)23-12(2)3)19(24)22-11-14-5-7-15(20)10-16(14)21/h5-10,12,23H,4,11H2,1-3H3,(H,22,24). The quantitative estimate of drug-likeness (QED) is 0.643. The van der Waals surface area contributed by atoms with Crippen LogP contribution in [-0.4, -0.2) is 27.0 Å². The second kappa shape index (κ2) is 9.60. The Morgan fingerprint density at radius 1 is 1.14 bits per heavy atom. The fourth-order valence-corrected chi connectivity index (χ4v) is 4.35. The zero-order valence-corrected chi connectivity index (χ0v) is 18.1. The first-order chi connectivity index (χ1) is 13.1. The maximum absolute atomic E-state index is 12.6. The minimum atomic E-state index is -3.84. The van der Waals surface area contributed by atoms with Gasteiger partial charge in [-0.3, -0.25) is 4.79 Å². The number of halogens is 2. The van der Waals surface area contributed by atoms with Crippen LogP contribution in [0.2, 0.25) is 10.0 Å². The largest absolute Gasteiger partial charge is 0.492 e. The van der Waals surface area contributed by atoms with Gasteiger partial charge in [0.2, 0.25) is 10.0 Å². The highest BCUT2D eigenvalue weighted by Gasteiger charge is 2.22. The molecule has 0 aromatic heterocycles. The molecule has 2 N–H and O–H groups in total. The van der Waals surface area contributed by atoms with Crippen LogP contribution in [0.5, 0.6) is 5.75 Å². The van der Waals surface area contributed by atoms with Gasteiger partial charge in [0.1, 0.15) is 10.6 Å². The molecule has 2 aromatic rings. The Hall–Kier alpha value is -1.80. The first-order valence-electron chi connectivity index (χ1n) is 8.65. The molecule has 1 amide bonds. The van der Waals surface area contributed by atoms with Crippen molar-refractivity contribution in [3.05, 3.63) is 57.6 Å². The van der Waals surface area contributed by atoms with Crippen molar-refractivity contribution in [1.29, 1.82) is 0 Å². The molecule has 0 fully saturated rings. The van der Waals surface area contributed by atoms with E-state index in [-0.39, 0.29) is 28.8 Å². The summed E-state index contributed by atoms with van der Waals surface area (Å²) >= 11 is 12.0. The molecule has 0 aliphatic rings. The van der Waals surface area contributed by atoms with Gasteiger partial charge in [0, 0.05) is 28.2 Å². The summed E-state index contributed by atoms with van der Waals surface area (Å²) in [5.41, 5.74) is 0.886. The molecule has 0 atom stereocenters. The van der Waals surface area contributed by atoms with Crippen molar-refractivity contribution >= 4 is 39.1 Å². The molecule has 0 radical (unpaired) electrons. The number of carbonyl (C=O) groups excluding carboxylic acids is 1. The molecular weight excluding hydrogens is 423 g/mol. The average molecular weight is 445 g/mol. The van der Waals surface area contributed by atoms with Crippen LogP contribution in [0.3, 0.4) is 0 Å². The van der Waals surface area contributed by atoms with Crippen molar-refractivity contribution in [1.82, 2.24) is 10.0 Å². The van der Waals surface area contributed by atoms with Gasteiger partial charge in [-0.05, 0) is 56.7 Å². The minimum Gasteiger partial charge on any atom is -0.492 e. The second-order valence-corrected chi connectivity index (χ2v) is 8.81. The Labute approximate surface area is 175 Å². The van der Waals surface area contributed by atoms with Crippen LogP contribution in [0.15, 0.2) is 41.3 Å². The van der Waals surface area contributed by atoms with E-state index < -0.39 is 15.9 Å². The van der Waals surface area contributed by atoms with Gasteiger partial charge < -0.3 is 10.1 Å². The van der Waals surface area contributed by atoms with E-state index in [9.17, 15) is 13.2 Å². The van der Waals surface area contributed by atoms with Gasteiger partial charge in [0.25, 0.3) is 5.91 Å². The lowest BCUT2D eigenvalue weighted by Gasteiger charge is -2.15. The molecule has 28 heavy (non-hydrogen) atoms. The van der Waals surface area contributed by atoms with Crippen LogP contribution in [0.4, 0.5) is 0 Å². The molecule has 2 rings (SSSR count). The van der Waals surface area contributed by atoms with Crippen LogP contribution in [0.25, 0.3) is 0 Å². The van der Waals surface area contributed by atoms with E-state index in [0.717, 1.165) is 0 Å². The monoisotopic (exact) mass is 444 g/mol. The highest BCUT2D eigenvalue weighted by atomic mass is 35.5. The van der Waals surface area contributed by atoms with Gasteiger partial charge in [-0.2, -0.15) is 0 Å². The second-order valence-electron chi connectivity index (χ2n) is 6.29. The van der Waals surface area contributed by atoms with Crippen LogP contribution < -0.4 is 14.8 Å². The Balaban J connectivity index is 2.27. The highest BCUT2D eigenvalue weighted by Crippen LogP contribution is 2.26. The minimum absolute atomic E-state index is 0.0831. The molecule has 0 unspecified atom stereocenters. The summed E-state index contributed by atoms with van der Waals surface area (Å²) < 4.78 is 33.1. The fourth-order valence-electron chi connectivity index (χ4n) is 2.45. The molecular formula is C19H22Cl2N2O4S. The number of rotatable bonds is 8. The van der Waals surface area contributed by atoms with Gasteiger partial charge in [-0.25, -0.2) is 13.1 Å². The van der Waals surface area contributed by atoms with E-state index in [0.29, 0.717) is 22.2 Å². The first-order valence-corrected chi connectivity index (χ1v) is 10.9. The topological polar surface area (TPSA) is 84.5 Å². The third-order valence-electron chi connectivity index (χ3n) is 3.64. The third-order valence-corrected chi connectivity index (χ3v) is 5.91. The summed E-state index contributed by atoms with van der Waals surface area (Å²) in [4.78, 5) is 12.4. The summed E-state index contributed by atoms with van der Waals surface area (Å²) in [7, 11) is -3.84. The van der Waals surface area contributed by atoms with Crippen molar-refractivity contribution < 1.29 is 17.9 Å². The van der Waals surface area contributed by atoms with Crippen molar-refractivity contribution in [3.63, 3.8) is 0 Å². The Kier molecular flexibility index (Phi) is 7.71. The summed E-state index contributed by atoms with van der Waals surface area (Å²) in [5, 5.41) is 3.66. The first kappa shape index (κ1) is 22.5. The summed E-state index contributed by atoms with van der Waals surface area (Å²) in [5.74, 6) is -0.247. The fraction of sp³-hybridized carbons (Fsp3) is 0.316. The molecule has 0 saturated carbocycles. The predicted octanol–water partition coefficient (Wildman–Crippen LogP) is 4.01. The Bertz CT molecular complexity index is 962. The Morgan fingerprint density at radius 2 is 1.86 bits per heavy atom. The van der Waals surface area contributed by atoms with E-state index in [1.165, 1.54) is 18.2 Å². The smallest absolute Gasteiger partial charge is 0.251 e. The maximum Gasteiger partial charge on any atom is 0.251 e. The predicted molar refractivity (Wildman–Crippen MR) is 111 cm³/mol. The number of nitrogens with one attached hydrogen (secondary N) is 2. The van der Waals surface area contributed by atoms with E-state index in [2.05, 4.69) is 10.0 Å². The molecule has 0 aliphatic carbocycles. The number of carbonyl (C=O) groups is 1. The van der Waals surface area contributed by atoms with E-state index in [4.69, 9.17) is 27.9 Å². The van der Waals surface area contributed by atoms with Gasteiger partial charge in [-0.15, -0.1) is 0 Å². The molecule has 6 nitrogen and oxygen atoms in total. The van der Waals surface area contributed by atoms with Gasteiger partial charge >= 0.3 is 0 Å².